The van der Waals surface area contributed by atoms with E-state index in [0.717, 1.165) is 10.9 Å². The molecule has 0 bridgehead atoms. The third kappa shape index (κ3) is 1.98. The molecular weight excluding hydrogens is 233 g/mol. The smallest absolute Gasteiger partial charge is 0.331 e. The summed E-state index contributed by atoms with van der Waals surface area (Å²) in [6.07, 6.45) is 1.78. The van der Waals surface area contributed by atoms with Crippen LogP contribution in [-0.4, -0.2) is 17.1 Å². The lowest BCUT2D eigenvalue weighted by Crippen LogP contribution is -2.36. The van der Waals surface area contributed by atoms with Crippen molar-refractivity contribution in [3.05, 3.63) is 36.3 Å². The molecule has 0 radical (unpaired) electrons. The highest BCUT2D eigenvalue weighted by molar-refractivity contribution is 5.85. The first-order valence-electron chi connectivity index (χ1n) is 5.91. The van der Waals surface area contributed by atoms with Crippen LogP contribution in [0.5, 0.6) is 0 Å². The fourth-order valence-electron chi connectivity index (χ4n) is 2.01. The summed E-state index contributed by atoms with van der Waals surface area (Å²) in [6.45, 7) is 5.69. The van der Waals surface area contributed by atoms with Crippen molar-refractivity contribution in [1.29, 1.82) is 0 Å². The molecule has 1 aromatic carbocycles. The van der Waals surface area contributed by atoms with Crippen LogP contribution >= 0.6 is 0 Å². The Morgan fingerprint density at radius 2 is 2.11 bits per heavy atom. The maximum atomic E-state index is 13.1. The van der Waals surface area contributed by atoms with Gasteiger partial charge in [0.05, 0.1) is 6.61 Å². The van der Waals surface area contributed by atoms with Crippen molar-refractivity contribution in [3.63, 3.8) is 0 Å². The molecule has 0 N–H and O–H groups in total. The summed E-state index contributed by atoms with van der Waals surface area (Å²) in [5.74, 6) is -0.582. The van der Waals surface area contributed by atoms with E-state index in [1.807, 2.05) is 0 Å². The van der Waals surface area contributed by atoms with Crippen LogP contribution in [0.25, 0.3) is 10.9 Å². The molecule has 2 rings (SSSR count). The van der Waals surface area contributed by atoms with Crippen LogP contribution in [0.2, 0.25) is 0 Å². The van der Waals surface area contributed by atoms with E-state index in [2.05, 4.69) is 0 Å². The zero-order valence-electron chi connectivity index (χ0n) is 10.7. The lowest BCUT2D eigenvalue weighted by Gasteiger charge is -2.25. The molecule has 0 saturated carbocycles. The van der Waals surface area contributed by atoms with Crippen LogP contribution in [0.1, 0.15) is 20.8 Å². The van der Waals surface area contributed by atoms with Crippen molar-refractivity contribution in [2.75, 3.05) is 6.61 Å². The van der Waals surface area contributed by atoms with E-state index in [9.17, 15) is 9.18 Å². The van der Waals surface area contributed by atoms with Gasteiger partial charge in [-0.3, -0.25) is 0 Å². The van der Waals surface area contributed by atoms with Crippen molar-refractivity contribution < 1.29 is 13.9 Å². The number of esters is 1. The third-order valence-electron chi connectivity index (χ3n) is 3.03. The average Bonchev–Trinajstić information content (AvgIpc) is 2.72. The van der Waals surface area contributed by atoms with E-state index in [1.165, 1.54) is 12.1 Å². The van der Waals surface area contributed by atoms with E-state index in [4.69, 9.17) is 4.74 Å². The summed E-state index contributed by atoms with van der Waals surface area (Å²) in [6, 6.07) is 6.30. The molecule has 0 aliphatic heterocycles. The van der Waals surface area contributed by atoms with Crippen molar-refractivity contribution >= 4 is 16.9 Å². The van der Waals surface area contributed by atoms with Crippen LogP contribution in [0.3, 0.4) is 0 Å². The van der Waals surface area contributed by atoms with Gasteiger partial charge in [0.2, 0.25) is 0 Å². The Bertz CT molecular complexity index is 586. The molecule has 0 fully saturated rings. The predicted octanol–water partition coefficient (Wildman–Crippen LogP) is 3.08. The second-order valence-electron chi connectivity index (χ2n) is 4.67. The molecule has 0 atom stereocenters. The first-order valence-corrected chi connectivity index (χ1v) is 5.91. The third-order valence-corrected chi connectivity index (χ3v) is 3.03. The fourth-order valence-corrected chi connectivity index (χ4v) is 2.01. The number of fused-ring (bicyclic) bond motifs is 1. The van der Waals surface area contributed by atoms with E-state index in [-0.39, 0.29) is 11.8 Å². The van der Waals surface area contributed by atoms with Crippen molar-refractivity contribution in [2.24, 2.45) is 0 Å². The Kier molecular flexibility index (Phi) is 3.11. The lowest BCUT2D eigenvalue weighted by atomic mass is 10.1. The number of benzene rings is 1. The van der Waals surface area contributed by atoms with Gasteiger partial charge < -0.3 is 9.30 Å². The van der Waals surface area contributed by atoms with Crippen LogP contribution in [-0.2, 0) is 15.1 Å². The molecule has 96 valence electrons. The summed E-state index contributed by atoms with van der Waals surface area (Å²) in [5, 5.41) is 0.771. The van der Waals surface area contributed by atoms with Gasteiger partial charge in [-0.2, -0.15) is 0 Å². The molecule has 2 aromatic rings. The summed E-state index contributed by atoms with van der Waals surface area (Å²) in [7, 11) is 0. The number of ether oxygens (including phenoxy) is 1. The molecule has 0 saturated heterocycles. The number of hydrogen-bond donors (Lipinski definition) is 0. The number of hydrogen-bond acceptors (Lipinski definition) is 2. The Morgan fingerprint density at radius 3 is 2.78 bits per heavy atom. The van der Waals surface area contributed by atoms with Gasteiger partial charge in [0.25, 0.3) is 0 Å². The lowest BCUT2D eigenvalue weighted by molar-refractivity contribution is -0.151. The molecule has 0 unspecified atom stereocenters. The molecule has 0 amide bonds. The zero-order valence-corrected chi connectivity index (χ0v) is 10.7. The number of carbonyl (C=O) groups is 1. The number of carbonyl (C=O) groups excluding carboxylic acids is 1. The molecule has 0 aliphatic rings. The maximum absolute atomic E-state index is 13.1. The minimum Gasteiger partial charge on any atom is -0.464 e. The molecule has 4 heteroatoms. The largest absolute Gasteiger partial charge is 0.464 e. The fraction of sp³-hybridized carbons (Fsp3) is 0.357. The molecule has 18 heavy (non-hydrogen) atoms. The average molecular weight is 249 g/mol. The van der Waals surface area contributed by atoms with Crippen LogP contribution < -0.4 is 0 Å². The highest BCUT2D eigenvalue weighted by Gasteiger charge is 2.31. The van der Waals surface area contributed by atoms with E-state index >= 15 is 0 Å². The number of halogens is 1. The predicted molar refractivity (Wildman–Crippen MR) is 67.9 cm³/mol. The molecule has 0 aliphatic carbocycles. The van der Waals surface area contributed by atoms with Gasteiger partial charge in [-0.05, 0) is 45.0 Å². The van der Waals surface area contributed by atoms with Gasteiger partial charge in [-0.25, -0.2) is 9.18 Å². The Balaban J connectivity index is 2.50. The monoisotopic (exact) mass is 249 g/mol. The summed E-state index contributed by atoms with van der Waals surface area (Å²) >= 11 is 0. The summed E-state index contributed by atoms with van der Waals surface area (Å²) in [5.41, 5.74) is 0.00438. The van der Waals surface area contributed by atoms with E-state index < -0.39 is 5.54 Å². The molecule has 1 heterocycles. The second kappa shape index (κ2) is 4.44. The summed E-state index contributed by atoms with van der Waals surface area (Å²) < 4.78 is 20.0. The highest BCUT2D eigenvalue weighted by atomic mass is 19.1. The topological polar surface area (TPSA) is 31.2 Å². The Morgan fingerprint density at radius 1 is 1.39 bits per heavy atom. The normalized spacial score (nSPS) is 11.8. The number of rotatable bonds is 3. The van der Waals surface area contributed by atoms with Crippen molar-refractivity contribution in [2.45, 2.75) is 26.3 Å². The number of aromatic nitrogens is 1. The quantitative estimate of drug-likeness (QED) is 0.783. The minimum absolute atomic E-state index is 0.283. The maximum Gasteiger partial charge on any atom is 0.331 e. The second-order valence-corrected chi connectivity index (χ2v) is 4.67. The van der Waals surface area contributed by atoms with Crippen LogP contribution in [0.15, 0.2) is 30.5 Å². The number of nitrogens with zero attached hydrogens (tertiary/aromatic N) is 1. The van der Waals surface area contributed by atoms with Gasteiger partial charge >= 0.3 is 5.97 Å². The van der Waals surface area contributed by atoms with Crippen LogP contribution in [0, 0.1) is 5.82 Å². The highest BCUT2D eigenvalue weighted by Crippen LogP contribution is 2.26. The van der Waals surface area contributed by atoms with Gasteiger partial charge in [-0.15, -0.1) is 0 Å². The van der Waals surface area contributed by atoms with Crippen molar-refractivity contribution in [3.8, 4) is 0 Å². The minimum atomic E-state index is -0.810. The van der Waals surface area contributed by atoms with Gasteiger partial charge in [0.1, 0.15) is 11.4 Å². The van der Waals surface area contributed by atoms with Gasteiger partial charge in [-0.1, -0.05) is 0 Å². The zero-order chi connectivity index (χ0) is 13.3. The molecule has 3 nitrogen and oxygen atoms in total. The molecule has 1 aromatic heterocycles. The summed E-state index contributed by atoms with van der Waals surface area (Å²) in [4.78, 5) is 12.0. The Labute approximate surface area is 105 Å². The van der Waals surface area contributed by atoms with Crippen LogP contribution in [0.4, 0.5) is 4.39 Å². The van der Waals surface area contributed by atoms with E-state index in [1.54, 1.807) is 43.7 Å². The van der Waals surface area contributed by atoms with Gasteiger partial charge in [0.15, 0.2) is 0 Å². The molecular formula is C14H16FNO2. The first-order chi connectivity index (χ1) is 8.46. The SMILES string of the molecule is CCOC(=O)C(C)(C)n1ccc2cc(F)ccc21. The van der Waals surface area contributed by atoms with Gasteiger partial charge in [0, 0.05) is 17.1 Å². The van der Waals surface area contributed by atoms with E-state index in [0.29, 0.717) is 6.61 Å². The standard InChI is InChI=1S/C14H16FNO2/c1-4-18-13(17)14(2,3)16-8-7-10-9-11(15)5-6-12(10)16/h5-9H,4H2,1-3H3. The van der Waals surface area contributed by atoms with Crippen molar-refractivity contribution in [1.82, 2.24) is 4.57 Å². The first kappa shape index (κ1) is 12.6. The Hall–Kier alpha value is -1.84. The molecule has 0 spiro atoms.